The SMILES string of the molecule is N/C(=C\N(N)Cc1cccnc1)c1ccnc2[nH]ccc12. The summed E-state index contributed by atoms with van der Waals surface area (Å²) in [5.41, 5.74) is 9.48. The van der Waals surface area contributed by atoms with E-state index in [9.17, 15) is 0 Å². The number of H-pyrrole nitrogens is 1. The number of hydrogen-bond donors (Lipinski definition) is 3. The smallest absolute Gasteiger partial charge is 0.137 e. The molecule has 0 radical (unpaired) electrons. The van der Waals surface area contributed by atoms with E-state index in [1.807, 2.05) is 30.5 Å². The number of nitrogens with zero attached hydrogens (tertiary/aromatic N) is 3. The van der Waals surface area contributed by atoms with Crippen molar-refractivity contribution >= 4 is 16.7 Å². The minimum Gasteiger partial charge on any atom is -0.397 e. The quantitative estimate of drug-likeness (QED) is 0.498. The second-order valence-corrected chi connectivity index (χ2v) is 4.72. The summed E-state index contributed by atoms with van der Waals surface area (Å²) in [6.45, 7) is 0.538. The summed E-state index contributed by atoms with van der Waals surface area (Å²) in [5, 5.41) is 2.52. The monoisotopic (exact) mass is 280 g/mol. The molecule has 0 saturated carbocycles. The average molecular weight is 280 g/mol. The molecule has 0 spiro atoms. The Balaban J connectivity index is 1.84. The zero-order valence-corrected chi connectivity index (χ0v) is 11.4. The Morgan fingerprint density at radius 2 is 2.19 bits per heavy atom. The molecular formula is C15H16N6. The summed E-state index contributed by atoms with van der Waals surface area (Å²) in [6.07, 6.45) is 8.78. The summed E-state index contributed by atoms with van der Waals surface area (Å²) in [5.74, 6) is 5.99. The van der Waals surface area contributed by atoms with Gasteiger partial charge in [0.05, 0.1) is 12.2 Å². The molecule has 6 nitrogen and oxygen atoms in total. The number of fused-ring (bicyclic) bond motifs is 1. The number of aromatic nitrogens is 3. The predicted octanol–water partition coefficient (Wildman–Crippen LogP) is 1.59. The maximum absolute atomic E-state index is 6.16. The van der Waals surface area contributed by atoms with Crippen LogP contribution in [0.2, 0.25) is 0 Å². The number of rotatable bonds is 4. The molecule has 5 N–H and O–H groups in total. The Hall–Kier alpha value is -2.86. The van der Waals surface area contributed by atoms with Crippen LogP contribution in [-0.4, -0.2) is 20.0 Å². The van der Waals surface area contributed by atoms with Crippen LogP contribution in [0.25, 0.3) is 16.7 Å². The number of nitrogens with one attached hydrogen (secondary N) is 1. The number of aromatic amines is 1. The standard InChI is InChI=1S/C15H16N6/c16-14(10-21(17)9-11-2-1-5-18-8-11)12-3-6-19-15-13(12)4-7-20-15/h1-8,10H,9,16-17H2,(H,19,20)/b14-10-. The molecule has 6 heteroatoms. The van der Waals surface area contributed by atoms with Gasteiger partial charge in [-0.1, -0.05) is 6.07 Å². The lowest BCUT2D eigenvalue weighted by Crippen LogP contribution is -2.25. The molecule has 0 fully saturated rings. The van der Waals surface area contributed by atoms with Crippen LogP contribution < -0.4 is 11.6 Å². The van der Waals surface area contributed by atoms with E-state index in [4.69, 9.17) is 11.6 Å². The molecule has 21 heavy (non-hydrogen) atoms. The number of nitrogens with two attached hydrogens (primary N) is 2. The Kier molecular flexibility index (Phi) is 3.53. The average Bonchev–Trinajstić information content (AvgIpc) is 2.96. The second-order valence-electron chi connectivity index (χ2n) is 4.72. The van der Waals surface area contributed by atoms with Gasteiger partial charge in [0.1, 0.15) is 5.65 Å². The van der Waals surface area contributed by atoms with Crippen molar-refractivity contribution in [3.8, 4) is 0 Å². The van der Waals surface area contributed by atoms with Gasteiger partial charge < -0.3 is 15.7 Å². The van der Waals surface area contributed by atoms with Gasteiger partial charge in [0.15, 0.2) is 0 Å². The van der Waals surface area contributed by atoms with E-state index in [1.54, 1.807) is 29.8 Å². The first-order valence-electron chi connectivity index (χ1n) is 6.54. The first-order valence-corrected chi connectivity index (χ1v) is 6.54. The van der Waals surface area contributed by atoms with Crippen LogP contribution in [0.4, 0.5) is 0 Å². The molecule has 3 aromatic heterocycles. The molecule has 0 atom stereocenters. The first kappa shape index (κ1) is 13.1. The third-order valence-corrected chi connectivity index (χ3v) is 3.16. The van der Waals surface area contributed by atoms with Crippen LogP contribution in [0.15, 0.2) is 55.3 Å². The van der Waals surface area contributed by atoms with E-state index >= 15 is 0 Å². The lowest BCUT2D eigenvalue weighted by atomic mass is 10.1. The van der Waals surface area contributed by atoms with Crippen molar-refractivity contribution in [3.05, 3.63) is 66.4 Å². The van der Waals surface area contributed by atoms with E-state index in [0.29, 0.717) is 12.2 Å². The van der Waals surface area contributed by atoms with Crippen molar-refractivity contribution in [1.29, 1.82) is 0 Å². The maximum Gasteiger partial charge on any atom is 0.137 e. The minimum atomic E-state index is 0.538. The van der Waals surface area contributed by atoms with Crippen molar-refractivity contribution in [2.45, 2.75) is 6.54 Å². The summed E-state index contributed by atoms with van der Waals surface area (Å²) in [6, 6.07) is 7.66. The lowest BCUT2D eigenvalue weighted by molar-refractivity contribution is 0.387. The summed E-state index contributed by atoms with van der Waals surface area (Å²) in [7, 11) is 0. The zero-order valence-electron chi connectivity index (χ0n) is 11.4. The van der Waals surface area contributed by atoms with Crippen molar-refractivity contribution in [2.24, 2.45) is 11.6 Å². The Morgan fingerprint density at radius 1 is 1.29 bits per heavy atom. The molecule has 0 saturated heterocycles. The summed E-state index contributed by atoms with van der Waals surface area (Å²) >= 11 is 0. The molecule has 3 aromatic rings. The molecule has 3 rings (SSSR count). The van der Waals surface area contributed by atoms with Crippen LogP contribution in [-0.2, 0) is 6.54 Å². The number of hydrogen-bond acceptors (Lipinski definition) is 5. The Morgan fingerprint density at radius 3 is 3.00 bits per heavy atom. The van der Waals surface area contributed by atoms with Crippen molar-refractivity contribution < 1.29 is 0 Å². The highest BCUT2D eigenvalue weighted by Gasteiger charge is 2.06. The first-order chi connectivity index (χ1) is 10.2. The van der Waals surface area contributed by atoms with Gasteiger partial charge in [-0.15, -0.1) is 0 Å². The van der Waals surface area contributed by atoms with Gasteiger partial charge in [-0.25, -0.2) is 10.8 Å². The third kappa shape index (κ3) is 2.85. The summed E-state index contributed by atoms with van der Waals surface area (Å²) in [4.78, 5) is 11.4. The van der Waals surface area contributed by atoms with Crippen LogP contribution in [0.3, 0.4) is 0 Å². The predicted molar refractivity (Wildman–Crippen MR) is 82.2 cm³/mol. The van der Waals surface area contributed by atoms with Crippen LogP contribution in [0.5, 0.6) is 0 Å². The van der Waals surface area contributed by atoms with Gasteiger partial charge in [-0.05, 0) is 23.8 Å². The highest BCUT2D eigenvalue weighted by molar-refractivity contribution is 5.88. The third-order valence-electron chi connectivity index (χ3n) is 3.16. The van der Waals surface area contributed by atoms with E-state index in [1.165, 1.54) is 0 Å². The fourth-order valence-electron chi connectivity index (χ4n) is 2.21. The Labute approximate surface area is 122 Å². The molecule has 0 aliphatic carbocycles. The fraction of sp³-hybridized carbons (Fsp3) is 0.0667. The molecule has 0 bridgehead atoms. The summed E-state index contributed by atoms with van der Waals surface area (Å²) < 4.78 is 0. The maximum atomic E-state index is 6.16. The molecule has 0 amide bonds. The van der Waals surface area contributed by atoms with Gasteiger partial charge in [0.2, 0.25) is 0 Å². The van der Waals surface area contributed by atoms with Gasteiger partial charge in [-0.2, -0.15) is 0 Å². The van der Waals surface area contributed by atoms with Gasteiger partial charge in [0, 0.05) is 41.9 Å². The normalized spacial score (nSPS) is 11.8. The minimum absolute atomic E-state index is 0.538. The van der Waals surface area contributed by atoms with Crippen molar-refractivity contribution in [1.82, 2.24) is 20.0 Å². The van der Waals surface area contributed by atoms with E-state index in [-0.39, 0.29) is 0 Å². The second kappa shape index (κ2) is 5.64. The molecule has 0 aliphatic heterocycles. The van der Waals surface area contributed by atoms with E-state index < -0.39 is 0 Å². The van der Waals surface area contributed by atoms with Crippen molar-refractivity contribution in [2.75, 3.05) is 0 Å². The molecular weight excluding hydrogens is 264 g/mol. The Bertz CT molecular complexity index is 762. The number of pyridine rings is 2. The lowest BCUT2D eigenvalue weighted by Gasteiger charge is -2.15. The van der Waals surface area contributed by atoms with E-state index in [0.717, 1.165) is 22.2 Å². The van der Waals surface area contributed by atoms with Gasteiger partial charge >= 0.3 is 0 Å². The van der Waals surface area contributed by atoms with Crippen LogP contribution in [0.1, 0.15) is 11.1 Å². The van der Waals surface area contributed by atoms with Gasteiger partial charge in [-0.3, -0.25) is 4.98 Å². The molecule has 0 unspecified atom stereocenters. The number of hydrazine groups is 1. The highest BCUT2D eigenvalue weighted by Crippen LogP contribution is 2.20. The molecule has 0 aromatic carbocycles. The van der Waals surface area contributed by atoms with Gasteiger partial charge in [0.25, 0.3) is 0 Å². The van der Waals surface area contributed by atoms with Crippen LogP contribution in [0, 0.1) is 0 Å². The van der Waals surface area contributed by atoms with E-state index in [2.05, 4.69) is 15.0 Å². The zero-order chi connectivity index (χ0) is 14.7. The molecule has 106 valence electrons. The molecule has 0 aliphatic rings. The fourth-order valence-corrected chi connectivity index (χ4v) is 2.21. The van der Waals surface area contributed by atoms with Crippen LogP contribution >= 0.6 is 0 Å². The van der Waals surface area contributed by atoms with Crippen molar-refractivity contribution in [3.63, 3.8) is 0 Å². The topological polar surface area (TPSA) is 96.8 Å². The largest absolute Gasteiger partial charge is 0.397 e. The highest BCUT2D eigenvalue weighted by atomic mass is 15.4. The molecule has 3 heterocycles.